The number of amides is 2. The van der Waals surface area contributed by atoms with Gasteiger partial charge in [0.15, 0.2) is 11.5 Å². The molecule has 0 aliphatic carbocycles. The molecule has 3 heterocycles. The monoisotopic (exact) mass is 478 g/mol. The summed E-state index contributed by atoms with van der Waals surface area (Å²) in [5.74, 6) is 0.598. The van der Waals surface area contributed by atoms with Crippen LogP contribution in [0.3, 0.4) is 0 Å². The van der Waals surface area contributed by atoms with Crippen LogP contribution in [0.2, 0.25) is 0 Å². The van der Waals surface area contributed by atoms with Gasteiger partial charge in [0.2, 0.25) is 6.79 Å². The van der Waals surface area contributed by atoms with Crippen LogP contribution in [0.4, 0.5) is 5.00 Å². The van der Waals surface area contributed by atoms with E-state index in [2.05, 4.69) is 21.2 Å². The molecule has 0 fully saturated rings. The van der Waals surface area contributed by atoms with Gasteiger partial charge < -0.3 is 20.5 Å². The summed E-state index contributed by atoms with van der Waals surface area (Å²) in [5, 5.41) is 3.30. The highest BCUT2D eigenvalue weighted by atomic mass is 79.9. The Balaban J connectivity index is 1.62. The summed E-state index contributed by atoms with van der Waals surface area (Å²) in [5.41, 5.74) is 7.74. The number of nitrogens with two attached hydrogens (primary N) is 1. The number of hydrogen-bond donors (Lipinski definition) is 2. The van der Waals surface area contributed by atoms with Crippen molar-refractivity contribution in [2.75, 3.05) is 12.1 Å². The van der Waals surface area contributed by atoms with Crippen molar-refractivity contribution >= 4 is 55.4 Å². The largest absolute Gasteiger partial charge is 0.454 e. The van der Waals surface area contributed by atoms with Gasteiger partial charge in [-0.05, 0) is 58.2 Å². The lowest BCUT2D eigenvalue weighted by Gasteiger charge is -2.03. The van der Waals surface area contributed by atoms with Crippen molar-refractivity contribution in [3.63, 3.8) is 0 Å². The second kappa shape index (κ2) is 7.57. The third kappa shape index (κ3) is 3.65. The van der Waals surface area contributed by atoms with Gasteiger partial charge in [0.05, 0.1) is 14.2 Å². The second-order valence-corrected chi connectivity index (χ2v) is 9.71. The van der Waals surface area contributed by atoms with Crippen molar-refractivity contribution in [2.24, 2.45) is 5.73 Å². The highest BCUT2D eigenvalue weighted by molar-refractivity contribution is 9.11. The van der Waals surface area contributed by atoms with E-state index < -0.39 is 5.91 Å². The van der Waals surface area contributed by atoms with Gasteiger partial charge in [0, 0.05) is 11.3 Å². The number of carbonyl (C=O) groups is 2. The fourth-order valence-corrected chi connectivity index (χ4v) is 5.47. The number of thiophene rings is 2. The van der Waals surface area contributed by atoms with Gasteiger partial charge in [-0.1, -0.05) is 6.07 Å². The number of rotatable bonds is 5. The predicted octanol–water partition coefficient (Wildman–Crippen LogP) is 4.55. The summed E-state index contributed by atoms with van der Waals surface area (Å²) >= 11 is 6.03. The fourth-order valence-electron chi connectivity index (χ4n) is 2.95. The normalized spacial score (nSPS) is 12.2. The highest BCUT2D eigenvalue weighted by Crippen LogP contribution is 2.37. The molecule has 3 aromatic rings. The van der Waals surface area contributed by atoms with E-state index >= 15 is 0 Å². The van der Waals surface area contributed by atoms with E-state index in [1.165, 1.54) is 22.7 Å². The molecule has 1 aliphatic heterocycles. The van der Waals surface area contributed by atoms with E-state index in [1.54, 1.807) is 12.1 Å². The van der Waals surface area contributed by atoms with E-state index in [-0.39, 0.29) is 12.7 Å². The van der Waals surface area contributed by atoms with E-state index in [0.717, 1.165) is 25.5 Å². The maximum Gasteiger partial charge on any atom is 0.266 e. The Hall–Kier alpha value is -2.36. The van der Waals surface area contributed by atoms with Crippen LogP contribution in [-0.4, -0.2) is 18.6 Å². The average molecular weight is 479 g/mol. The number of carbonyl (C=O) groups excluding carboxylic acids is 2. The Morgan fingerprint density at radius 1 is 1.18 bits per heavy atom. The van der Waals surface area contributed by atoms with Crippen molar-refractivity contribution in [3.8, 4) is 11.5 Å². The van der Waals surface area contributed by atoms with Crippen LogP contribution >= 0.6 is 38.6 Å². The molecule has 0 spiro atoms. The first-order chi connectivity index (χ1) is 13.4. The smallest absolute Gasteiger partial charge is 0.266 e. The third-order valence-electron chi connectivity index (χ3n) is 4.32. The van der Waals surface area contributed by atoms with Gasteiger partial charge in [-0.15, -0.1) is 22.7 Å². The Morgan fingerprint density at radius 2 is 1.96 bits per heavy atom. The number of benzene rings is 1. The van der Waals surface area contributed by atoms with E-state index in [0.29, 0.717) is 27.6 Å². The minimum absolute atomic E-state index is 0.220. The molecule has 3 N–H and O–H groups in total. The molecule has 2 amide bonds. The van der Waals surface area contributed by atoms with Crippen LogP contribution in [0, 0.1) is 6.92 Å². The third-order valence-corrected chi connectivity index (χ3v) is 7.15. The topological polar surface area (TPSA) is 90.7 Å². The summed E-state index contributed by atoms with van der Waals surface area (Å²) in [6.45, 7) is 2.06. The van der Waals surface area contributed by atoms with Gasteiger partial charge in [0.25, 0.3) is 11.8 Å². The zero-order chi connectivity index (χ0) is 19.8. The molecule has 6 nitrogen and oxygen atoms in total. The summed E-state index contributed by atoms with van der Waals surface area (Å²) < 4.78 is 11.6. The van der Waals surface area contributed by atoms with Crippen LogP contribution in [0.15, 0.2) is 34.1 Å². The number of halogens is 1. The zero-order valence-corrected chi connectivity index (χ0v) is 17.9. The first kappa shape index (κ1) is 19.0. The van der Waals surface area contributed by atoms with Crippen LogP contribution < -0.4 is 20.5 Å². The minimum atomic E-state index is -0.562. The van der Waals surface area contributed by atoms with Crippen molar-refractivity contribution in [2.45, 2.75) is 13.3 Å². The summed E-state index contributed by atoms with van der Waals surface area (Å²) in [4.78, 5) is 26.0. The molecule has 0 saturated carbocycles. The lowest BCUT2D eigenvalue weighted by atomic mass is 10.1. The van der Waals surface area contributed by atoms with Crippen molar-refractivity contribution in [1.29, 1.82) is 0 Å². The number of hydrogen-bond acceptors (Lipinski definition) is 6. The molecule has 1 aliphatic rings. The maximum absolute atomic E-state index is 12.5. The molecule has 0 atom stereocenters. The number of fused-ring (bicyclic) bond motifs is 1. The summed E-state index contributed by atoms with van der Waals surface area (Å²) in [6, 6.07) is 9.28. The van der Waals surface area contributed by atoms with Crippen LogP contribution in [0.5, 0.6) is 11.5 Å². The van der Waals surface area contributed by atoms with Gasteiger partial charge in [-0.25, -0.2) is 0 Å². The first-order valence-electron chi connectivity index (χ1n) is 8.29. The van der Waals surface area contributed by atoms with Crippen LogP contribution in [-0.2, 0) is 6.42 Å². The quantitative estimate of drug-likeness (QED) is 0.562. The maximum atomic E-state index is 12.5. The molecule has 9 heteroatoms. The van der Waals surface area contributed by atoms with Gasteiger partial charge >= 0.3 is 0 Å². The number of anilines is 1. The van der Waals surface area contributed by atoms with Crippen LogP contribution in [0.25, 0.3) is 0 Å². The number of primary amides is 1. The molecule has 2 aromatic heterocycles. The van der Waals surface area contributed by atoms with Gasteiger partial charge in [-0.3, -0.25) is 9.59 Å². The number of ether oxygens (including phenoxy) is 2. The molecular formula is C19H15BrN2O4S2. The Kier molecular flexibility index (Phi) is 5.13. The molecule has 0 unspecified atom stereocenters. The SMILES string of the molecule is Cc1c(Cc2ccc3c(c2)OCO3)sc(NC(=O)c2ccc(Br)s2)c1C(N)=O. The summed E-state index contributed by atoms with van der Waals surface area (Å²) in [7, 11) is 0. The Bertz CT molecular complexity index is 1090. The molecule has 0 bridgehead atoms. The molecule has 144 valence electrons. The Morgan fingerprint density at radius 3 is 2.68 bits per heavy atom. The fraction of sp³-hybridized carbons (Fsp3) is 0.158. The summed E-state index contributed by atoms with van der Waals surface area (Å²) in [6.07, 6.45) is 0.591. The average Bonchev–Trinajstić information content (AvgIpc) is 3.34. The van der Waals surface area contributed by atoms with Gasteiger partial charge in [-0.2, -0.15) is 0 Å². The molecular weight excluding hydrogens is 464 g/mol. The lowest BCUT2D eigenvalue weighted by Crippen LogP contribution is -2.16. The minimum Gasteiger partial charge on any atom is -0.454 e. The van der Waals surface area contributed by atoms with E-state index in [9.17, 15) is 9.59 Å². The molecule has 0 radical (unpaired) electrons. The van der Waals surface area contributed by atoms with Gasteiger partial charge in [0.1, 0.15) is 5.00 Å². The second-order valence-electron chi connectivity index (χ2n) is 6.14. The molecule has 4 rings (SSSR count). The molecule has 28 heavy (non-hydrogen) atoms. The zero-order valence-electron chi connectivity index (χ0n) is 14.7. The van der Waals surface area contributed by atoms with E-state index in [1.807, 2.05) is 25.1 Å². The first-order valence-corrected chi connectivity index (χ1v) is 10.7. The highest BCUT2D eigenvalue weighted by Gasteiger charge is 2.22. The van der Waals surface area contributed by atoms with Crippen LogP contribution in [0.1, 0.15) is 36.0 Å². The molecule has 0 saturated heterocycles. The van der Waals surface area contributed by atoms with Crippen molar-refractivity contribution in [1.82, 2.24) is 0 Å². The van der Waals surface area contributed by atoms with Crippen molar-refractivity contribution in [3.05, 3.63) is 60.6 Å². The molecule has 1 aromatic carbocycles. The number of nitrogens with one attached hydrogen (secondary N) is 1. The predicted molar refractivity (Wildman–Crippen MR) is 113 cm³/mol. The van der Waals surface area contributed by atoms with E-state index in [4.69, 9.17) is 15.2 Å². The Labute approximate surface area is 177 Å². The standard InChI is InChI=1S/C19H15BrN2O4S2/c1-9-14(7-10-2-3-11-12(6-10)26-8-25-11)28-19(16(9)17(21)23)22-18(24)13-4-5-15(20)27-13/h2-6H,7-8H2,1H3,(H2,21,23)(H,22,24). The lowest BCUT2D eigenvalue weighted by molar-refractivity contribution is 0.100. The van der Waals surface area contributed by atoms with Crippen molar-refractivity contribution < 1.29 is 19.1 Å².